The minimum Gasteiger partial charge on any atom is -0.366 e. The van der Waals surface area contributed by atoms with Crippen molar-refractivity contribution in [3.63, 3.8) is 0 Å². The highest BCUT2D eigenvalue weighted by Crippen LogP contribution is 2.21. The fraction of sp³-hybridized carbons (Fsp3) is 0.533. The molecule has 0 aliphatic carbocycles. The van der Waals surface area contributed by atoms with Crippen LogP contribution in [0.1, 0.15) is 29.6 Å². The largest absolute Gasteiger partial charge is 0.366 e. The fourth-order valence-electron chi connectivity index (χ4n) is 2.64. The van der Waals surface area contributed by atoms with Crippen LogP contribution < -0.4 is 0 Å². The van der Waals surface area contributed by atoms with Crippen LogP contribution in [0.15, 0.2) is 23.8 Å². The lowest BCUT2D eigenvalue weighted by atomic mass is 10.1. The van der Waals surface area contributed by atoms with Gasteiger partial charge in [-0.1, -0.05) is 6.07 Å². The van der Waals surface area contributed by atoms with Gasteiger partial charge in [-0.05, 0) is 24.3 Å². The molecule has 1 atom stereocenters. The van der Waals surface area contributed by atoms with Crippen LogP contribution in [0.25, 0.3) is 0 Å². The first-order valence-electron chi connectivity index (χ1n) is 7.49. The Morgan fingerprint density at radius 1 is 1.55 bits per heavy atom. The molecule has 1 saturated heterocycles. The van der Waals surface area contributed by atoms with Crippen LogP contribution in [0, 0.1) is 0 Å². The van der Waals surface area contributed by atoms with Gasteiger partial charge in [-0.3, -0.25) is 4.79 Å². The summed E-state index contributed by atoms with van der Waals surface area (Å²) in [5.74, 6) is 0.975. The minimum atomic E-state index is -0.178. The third-order valence-electron chi connectivity index (χ3n) is 3.85. The summed E-state index contributed by atoms with van der Waals surface area (Å²) in [6.07, 6.45) is 3.93. The molecule has 1 aliphatic rings. The number of hydrogen-bond donors (Lipinski definition) is 0. The lowest BCUT2D eigenvalue weighted by molar-refractivity contribution is -0.139. The number of carbonyl (C=O) groups excluding carboxylic acids is 1. The molecule has 0 radical (unpaired) electrons. The number of amides is 1. The van der Waals surface area contributed by atoms with E-state index >= 15 is 0 Å². The Balaban J connectivity index is 1.51. The summed E-state index contributed by atoms with van der Waals surface area (Å²) in [5.41, 5.74) is 0. The molecule has 0 saturated carbocycles. The summed E-state index contributed by atoms with van der Waals surface area (Å²) in [7, 11) is 1.89. The van der Waals surface area contributed by atoms with Crippen LogP contribution in [0.4, 0.5) is 0 Å². The zero-order valence-electron chi connectivity index (χ0n) is 12.6. The molecule has 1 fully saturated rings. The van der Waals surface area contributed by atoms with E-state index in [1.165, 1.54) is 4.88 Å². The van der Waals surface area contributed by atoms with E-state index in [1.54, 1.807) is 17.7 Å². The van der Waals surface area contributed by atoms with Crippen molar-refractivity contribution in [2.24, 2.45) is 7.05 Å². The van der Waals surface area contributed by atoms with Crippen molar-refractivity contribution in [3.05, 3.63) is 34.5 Å². The SMILES string of the molecule is Cn1cnnc1[C@@H]1CN(C(=O)CCCc2cccs2)CCO1. The highest BCUT2D eigenvalue weighted by atomic mass is 32.1. The number of ether oxygens (including phenoxy) is 1. The summed E-state index contributed by atoms with van der Waals surface area (Å²) in [5, 5.41) is 10.0. The second kappa shape index (κ2) is 7.02. The van der Waals surface area contributed by atoms with Gasteiger partial charge >= 0.3 is 0 Å². The molecule has 3 heterocycles. The quantitative estimate of drug-likeness (QED) is 0.843. The fourth-order valence-corrected chi connectivity index (χ4v) is 3.39. The van der Waals surface area contributed by atoms with Crippen LogP contribution in [0.2, 0.25) is 0 Å². The first-order chi connectivity index (χ1) is 10.7. The van der Waals surface area contributed by atoms with Gasteiger partial charge in [0.15, 0.2) is 5.82 Å². The standard InChI is InChI=1S/C15H20N4O2S/c1-18-11-16-17-15(18)13-10-19(7-8-21-13)14(20)6-2-4-12-5-3-9-22-12/h3,5,9,11,13H,2,4,6-8,10H2,1H3/t13-/m0/s1. The Hall–Kier alpha value is -1.73. The van der Waals surface area contributed by atoms with E-state index in [0.29, 0.717) is 26.1 Å². The van der Waals surface area contributed by atoms with Gasteiger partial charge in [0, 0.05) is 24.9 Å². The van der Waals surface area contributed by atoms with Gasteiger partial charge in [0.2, 0.25) is 5.91 Å². The third-order valence-corrected chi connectivity index (χ3v) is 4.78. The Kier molecular flexibility index (Phi) is 4.84. The molecule has 118 valence electrons. The second-order valence-corrected chi connectivity index (χ2v) is 6.46. The maximum atomic E-state index is 12.4. The van der Waals surface area contributed by atoms with Crippen molar-refractivity contribution >= 4 is 17.2 Å². The number of morpholine rings is 1. The number of thiophene rings is 1. The summed E-state index contributed by atoms with van der Waals surface area (Å²) in [4.78, 5) is 15.6. The molecular weight excluding hydrogens is 300 g/mol. The normalized spacial score (nSPS) is 18.6. The lowest BCUT2D eigenvalue weighted by Crippen LogP contribution is -2.42. The van der Waals surface area contributed by atoms with Gasteiger partial charge in [0.05, 0.1) is 13.2 Å². The van der Waals surface area contributed by atoms with Crippen LogP contribution in [0.5, 0.6) is 0 Å². The number of rotatable bonds is 5. The topological polar surface area (TPSA) is 60.2 Å². The number of aryl methyl sites for hydroxylation is 2. The zero-order valence-corrected chi connectivity index (χ0v) is 13.5. The molecule has 1 amide bonds. The van der Waals surface area contributed by atoms with Crippen molar-refractivity contribution in [1.82, 2.24) is 19.7 Å². The summed E-state index contributed by atoms with van der Waals surface area (Å²) >= 11 is 1.75. The van der Waals surface area contributed by atoms with Crippen molar-refractivity contribution in [3.8, 4) is 0 Å². The smallest absolute Gasteiger partial charge is 0.222 e. The highest BCUT2D eigenvalue weighted by molar-refractivity contribution is 7.09. The lowest BCUT2D eigenvalue weighted by Gasteiger charge is -2.32. The Bertz CT molecular complexity index is 611. The average Bonchev–Trinajstić information content (AvgIpc) is 3.19. The Morgan fingerprint density at radius 3 is 3.18 bits per heavy atom. The van der Waals surface area contributed by atoms with E-state index in [9.17, 15) is 4.79 Å². The van der Waals surface area contributed by atoms with Gasteiger partial charge in [0.1, 0.15) is 12.4 Å². The highest BCUT2D eigenvalue weighted by Gasteiger charge is 2.27. The molecule has 0 N–H and O–H groups in total. The molecule has 6 nitrogen and oxygen atoms in total. The van der Waals surface area contributed by atoms with E-state index in [1.807, 2.05) is 16.5 Å². The van der Waals surface area contributed by atoms with Crippen molar-refractivity contribution in [2.45, 2.75) is 25.4 Å². The molecule has 1 aliphatic heterocycles. The first-order valence-corrected chi connectivity index (χ1v) is 8.37. The molecule has 3 rings (SSSR count). The molecule has 0 spiro atoms. The summed E-state index contributed by atoms with van der Waals surface area (Å²) < 4.78 is 7.57. The van der Waals surface area contributed by atoms with E-state index < -0.39 is 0 Å². The van der Waals surface area contributed by atoms with E-state index in [2.05, 4.69) is 27.7 Å². The maximum Gasteiger partial charge on any atom is 0.222 e. The van der Waals surface area contributed by atoms with Gasteiger partial charge in [0.25, 0.3) is 0 Å². The van der Waals surface area contributed by atoms with Gasteiger partial charge in [-0.25, -0.2) is 0 Å². The first kappa shape index (κ1) is 15.2. The predicted octanol–water partition coefficient (Wildman–Crippen LogP) is 1.80. The predicted molar refractivity (Wildman–Crippen MR) is 83.5 cm³/mol. The molecule has 2 aromatic rings. The Morgan fingerprint density at radius 2 is 2.45 bits per heavy atom. The number of nitrogens with zero attached hydrogens (tertiary/aromatic N) is 4. The van der Waals surface area contributed by atoms with Crippen molar-refractivity contribution in [1.29, 1.82) is 0 Å². The molecule has 7 heteroatoms. The molecule has 0 unspecified atom stereocenters. The van der Waals surface area contributed by atoms with Gasteiger partial charge in [-0.2, -0.15) is 0 Å². The van der Waals surface area contributed by atoms with Gasteiger partial charge in [-0.15, -0.1) is 21.5 Å². The monoisotopic (exact) mass is 320 g/mol. The number of hydrogen-bond acceptors (Lipinski definition) is 5. The van der Waals surface area contributed by atoms with E-state index in [-0.39, 0.29) is 12.0 Å². The van der Waals surface area contributed by atoms with Crippen LogP contribution in [-0.4, -0.2) is 45.3 Å². The molecule has 2 aromatic heterocycles. The number of aromatic nitrogens is 3. The van der Waals surface area contributed by atoms with Crippen molar-refractivity contribution < 1.29 is 9.53 Å². The molecule has 0 bridgehead atoms. The van der Waals surface area contributed by atoms with Crippen LogP contribution in [0.3, 0.4) is 0 Å². The zero-order chi connectivity index (χ0) is 15.4. The third kappa shape index (κ3) is 3.53. The summed E-state index contributed by atoms with van der Waals surface area (Å²) in [6.45, 7) is 1.77. The van der Waals surface area contributed by atoms with Crippen LogP contribution in [-0.2, 0) is 23.0 Å². The van der Waals surface area contributed by atoms with Gasteiger partial charge < -0.3 is 14.2 Å². The maximum absolute atomic E-state index is 12.4. The minimum absolute atomic E-state index is 0.178. The van der Waals surface area contributed by atoms with E-state index in [4.69, 9.17) is 4.74 Å². The average molecular weight is 320 g/mol. The molecule has 22 heavy (non-hydrogen) atoms. The summed E-state index contributed by atoms with van der Waals surface area (Å²) in [6, 6.07) is 4.17. The molecular formula is C15H20N4O2S. The number of carbonyl (C=O) groups is 1. The van der Waals surface area contributed by atoms with Crippen LogP contribution >= 0.6 is 11.3 Å². The van der Waals surface area contributed by atoms with Crippen molar-refractivity contribution in [2.75, 3.05) is 19.7 Å². The van der Waals surface area contributed by atoms with E-state index in [0.717, 1.165) is 18.7 Å². The molecule has 0 aromatic carbocycles. The second-order valence-electron chi connectivity index (χ2n) is 5.43. The Labute approximate surface area is 133 Å².